The van der Waals surface area contributed by atoms with Gasteiger partial charge in [-0.2, -0.15) is 0 Å². The third kappa shape index (κ3) is 34.3. The van der Waals surface area contributed by atoms with E-state index in [-0.39, 0.29) is 0 Å². The van der Waals surface area contributed by atoms with Crippen LogP contribution in [0.1, 0.15) is 20.8 Å². The zero-order chi connectivity index (χ0) is 7.70. The van der Waals surface area contributed by atoms with E-state index in [0.717, 1.165) is 6.54 Å². The average Bonchev–Trinajstić information content (AvgIpc) is 1.89. The van der Waals surface area contributed by atoms with Gasteiger partial charge in [-0.25, -0.2) is 0 Å². The van der Waals surface area contributed by atoms with Gasteiger partial charge in [-0.3, -0.25) is 0 Å². The Morgan fingerprint density at radius 1 is 1.56 bits per heavy atom. The molecule has 1 N–H and O–H groups in total. The average molecular weight is 129 g/mol. The Kier molecular flexibility index (Phi) is 13.6. The fourth-order valence-corrected chi connectivity index (χ4v) is 0. The summed E-state index contributed by atoms with van der Waals surface area (Å²) >= 11 is 0. The molecule has 0 heterocycles. The lowest BCUT2D eigenvalue weighted by atomic mass is 10.2. The molecule has 9 heavy (non-hydrogen) atoms. The maximum absolute atomic E-state index is 3.56. The summed E-state index contributed by atoms with van der Waals surface area (Å²) in [6, 6.07) is 0. The van der Waals surface area contributed by atoms with Crippen LogP contribution in [0, 0.1) is 5.92 Å². The van der Waals surface area contributed by atoms with Crippen LogP contribution in [0.3, 0.4) is 0 Å². The second-order valence-corrected chi connectivity index (χ2v) is 2.19. The molecule has 0 aromatic heterocycles. The third-order valence-electron chi connectivity index (χ3n) is 0.825. The molecule has 0 aliphatic carbocycles. The number of hydrogen-bond donors (Lipinski definition) is 1. The van der Waals surface area contributed by atoms with E-state index < -0.39 is 0 Å². The van der Waals surface area contributed by atoms with Crippen molar-refractivity contribution in [3.05, 3.63) is 12.7 Å². The van der Waals surface area contributed by atoms with Gasteiger partial charge in [0.05, 0.1) is 0 Å². The second-order valence-electron chi connectivity index (χ2n) is 2.19. The molecular formula is C8H19N. The summed E-state index contributed by atoms with van der Waals surface area (Å²) in [6.45, 7) is 10.9. The van der Waals surface area contributed by atoms with Crippen LogP contribution in [0.15, 0.2) is 12.7 Å². The van der Waals surface area contributed by atoms with Crippen molar-refractivity contribution >= 4 is 0 Å². The zero-order valence-electron chi connectivity index (χ0n) is 7.07. The smallest absolute Gasteiger partial charge is 0.00804 e. The highest BCUT2D eigenvalue weighted by molar-refractivity contribution is 4.69. The molecule has 1 heteroatoms. The molecule has 0 saturated heterocycles. The van der Waals surface area contributed by atoms with Crippen molar-refractivity contribution in [2.24, 2.45) is 5.92 Å². The van der Waals surface area contributed by atoms with Gasteiger partial charge in [0, 0.05) is 0 Å². The van der Waals surface area contributed by atoms with Crippen molar-refractivity contribution < 1.29 is 0 Å². The fourth-order valence-electron chi connectivity index (χ4n) is 0. The Morgan fingerprint density at radius 2 is 1.78 bits per heavy atom. The Hall–Kier alpha value is -0.300. The fraction of sp³-hybridized carbons (Fsp3) is 0.750. The molecule has 0 aromatic carbocycles. The number of hydrogen-bond acceptors (Lipinski definition) is 1. The predicted octanol–water partition coefficient (Wildman–Crippen LogP) is 2.05. The quantitative estimate of drug-likeness (QED) is 0.563. The summed E-state index contributed by atoms with van der Waals surface area (Å²) in [5, 5.41) is 2.93. The van der Waals surface area contributed by atoms with Crippen LogP contribution in [-0.2, 0) is 0 Å². The van der Waals surface area contributed by atoms with Gasteiger partial charge in [-0.15, -0.1) is 6.58 Å². The van der Waals surface area contributed by atoms with Crippen molar-refractivity contribution in [2.45, 2.75) is 20.8 Å². The Morgan fingerprint density at radius 3 is 1.78 bits per heavy atom. The van der Waals surface area contributed by atoms with Crippen molar-refractivity contribution in [3.63, 3.8) is 0 Å². The maximum atomic E-state index is 3.56. The first-order valence-electron chi connectivity index (χ1n) is 3.46. The van der Waals surface area contributed by atoms with E-state index >= 15 is 0 Å². The molecule has 0 spiro atoms. The molecule has 0 atom stereocenters. The van der Waals surface area contributed by atoms with Crippen molar-refractivity contribution in [3.8, 4) is 0 Å². The Labute approximate surface area is 59.2 Å². The van der Waals surface area contributed by atoms with Gasteiger partial charge in [-0.1, -0.05) is 26.8 Å². The van der Waals surface area contributed by atoms with Crippen LogP contribution in [-0.4, -0.2) is 13.6 Å². The molecule has 1 nitrogen and oxygen atoms in total. The molecule has 0 bridgehead atoms. The molecule has 0 amide bonds. The van der Waals surface area contributed by atoms with Crippen molar-refractivity contribution in [1.82, 2.24) is 5.32 Å². The van der Waals surface area contributed by atoms with Crippen LogP contribution in [0.25, 0.3) is 0 Å². The van der Waals surface area contributed by atoms with Crippen LogP contribution in [0.2, 0.25) is 0 Å². The second kappa shape index (κ2) is 10.6. The molecule has 0 saturated carbocycles. The topological polar surface area (TPSA) is 12.0 Å². The summed E-state index contributed by atoms with van der Waals surface area (Å²) in [5.74, 6) is 0.648. The molecule has 0 radical (unpaired) electrons. The normalized spacial score (nSPS) is 8.11. The van der Waals surface area contributed by atoms with Crippen molar-refractivity contribution in [1.29, 1.82) is 0 Å². The Bertz CT molecular complexity index is 46.5. The minimum atomic E-state index is 0.648. The van der Waals surface area contributed by atoms with Crippen LogP contribution >= 0.6 is 0 Å². The van der Waals surface area contributed by atoms with E-state index in [9.17, 15) is 0 Å². The third-order valence-corrected chi connectivity index (χ3v) is 0.825. The molecular weight excluding hydrogens is 110 g/mol. The first-order chi connectivity index (χ1) is 4.18. The molecule has 0 aliphatic heterocycles. The van der Waals surface area contributed by atoms with Gasteiger partial charge in [0.25, 0.3) is 0 Å². The lowest BCUT2D eigenvalue weighted by Gasteiger charge is -1.84. The van der Waals surface area contributed by atoms with Gasteiger partial charge in [0.1, 0.15) is 0 Å². The van der Waals surface area contributed by atoms with E-state index in [1.807, 2.05) is 13.1 Å². The highest BCUT2D eigenvalue weighted by Crippen LogP contribution is 1.87. The number of nitrogens with one attached hydrogen (secondary N) is 1. The lowest BCUT2D eigenvalue weighted by Crippen LogP contribution is -2.01. The van der Waals surface area contributed by atoms with E-state index in [1.165, 1.54) is 0 Å². The summed E-state index contributed by atoms with van der Waals surface area (Å²) in [5.41, 5.74) is 0. The van der Waals surface area contributed by atoms with E-state index in [0.29, 0.717) is 5.92 Å². The monoisotopic (exact) mass is 129 g/mol. The first kappa shape index (κ1) is 11.5. The summed E-state index contributed by atoms with van der Waals surface area (Å²) < 4.78 is 0. The standard InChI is InChI=1S/C5H10.C3H9N/c1-4-5(2)3;1-3-4-2/h4-5H,1H2,2-3H3;4H,3H2,1-2H3. The molecule has 0 fully saturated rings. The van der Waals surface area contributed by atoms with Crippen LogP contribution in [0.4, 0.5) is 0 Å². The first-order valence-corrected chi connectivity index (χ1v) is 3.46. The molecule has 56 valence electrons. The van der Waals surface area contributed by atoms with Crippen LogP contribution < -0.4 is 5.32 Å². The minimum Gasteiger partial charge on any atom is -0.320 e. The highest BCUT2D eigenvalue weighted by atomic mass is 14.8. The molecule has 0 aliphatic rings. The largest absolute Gasteiger partial charge is 0.320 e. The predicted molar refractivity (Wildman–Crippen MR) is 44.6 cm³/mol. The van der Waals surface area contributed by atoms with Gasteiger partial charge in [0.2, 0.25) is 0 Å². The molecule has 0 unspecified atom stereocenters. The van der Waals surface area contributed by atoms with Crippen LogP contribution in [0.5, 0.6) is 0 Å². The number of rotatable bonds is 2. The van der Waals surface area contributed by atoms with Gasteiger partial charge in [-0.05, 0) is 19.5 Å². The highest BCUT2D eigenvalue weighted by Gasteiger charge is 1.73. The van der Waals surface area contributed by atoms with Crippen molar-refractivity contribution in [2.75, 3.05) is 13.6 Å². The SMILES string of the molecule is C=CC(C)C.CCNC. The number of allylic oxidation sites excluding steroid dienone is 1. The van der Waals surface area contributed by atoms with E-state index in [1.54, 1.807) is 0 Å². The van der Waals surface area contributed by atoms with E-state index in [4.69, 9.17) is 0 Å². The zero-order valence-corrected chi connectivity index (χ0v) is 7.07. The molecule has 0 aromatic rings. The molecule has 0 rings (SSSR count). The van der Waals surface area contributed by atoms with E-state index in [2.05, 4.69) is 32.7 Å². The summed E-state index contributed by atoms with van der Waals surface area (Å²) in [6.07, 6.45) is 1.92. The summed E-state index contributed by atoms with van der Waals surface area (Å²) in [7, 11) is 1.93. The summed E-state index contributed by atoms with van der Waals surface area (Å²) in [4.78, 5) is 0. The lowest BCUT2D eigenvalue weighted by molar-refractivity contribution is 0.835. The Balaban J connectivity index is 0. The van der Waals surface area contributed by atoms with Gasteiger partial charge in [0.15, 0.2) is 0 Å². The van der Waals surface area contributed by atoms with Gasteiger partial charge >= 0.3 is 0 Å². The minimum absolute atomic E-state index is 0.648. The maximum Gasteiger partial charge on any atom is -0.00804 e. The van der Waals surface area contributed by atoms with Gasteiger partial charge < -0.3 is 5.32 Å².